The van der Waals surface area contributed by atoms with Gasteiger partial charge in [-0.1, -0.05) is 0 Å². The molecule has 2 aromatic rings. The first-order valence-corrected chi connectivity index (χ1v) is 15.7. The molecule has 0 heterocycles. The summed E-state index contributed by atoms with van der Waals surface area (Å²) in [6.07, 6.45) is 14.9. The first kappa shape index (κ1) is 22.1. The van der Waals surface area contributed by atoms with Gasteiger partial charge in [-0.2, -0.15) is 0 Å². The van der Waals surface area contributed by atoms with Crippen LogP contribution in [0.1, 0.15) is 63.5 Å². The van der Waals surface area contributed by atoms with E-state index in [4.69, 9.17) is 5.63 Å². The van der Waals surface area contributed by atoms with Crippen molar-refractivity contribution >= 4 is 0 Å². The summed E-state index contributed by atoms with van der Waals surface area (Å²) in [5, 5.41) is 0. The number of hydrogen-bond donors (Lipinski definition) is 0. The molecule has 0 amide bonds. The molecule has 160 valence electrons. The Hall–Kier alpha value is -2.12. The molecule has 2 aromatic carbocycles. The van der Waals surface area contributed by atoms with Crippen molar-refractivity contribution < 1.29 is 26.8 Å². The first-order valence-electron chi connectivity index (χ1n) is 11.3. The standard InChI is InChI=1S/2C9H12O.2C5H5.Zr/c2*1-7(2)8-3-5-9(10)6-4-8;2*1-2-4-5-3-1;/h2*3-7,10H,1-2H3;2*1-3H,4H2;/q;;;;+2/p-2. The van der Waals surface area contributed by atoms with Crippen molar-refractivity contribution in [1.29, 1.82) is 0 Å². The fraction of sp³-hybridized carbons (Fsp3) is 0.286. The Morgan fingerprint density at radius 2 is 1.00 bits per heavy atom. The zero-order valence-corrected chi connectivity index (χ0v) is 21.4. The maximum absolute atomic E-state index is 6.96. The minimum absolute atomic E-state index is 0.501. The summed E-state index contributed by atoms with van der Waals surface area (Å²) in [5.41, 5.74) is 2.64. The Morgan fingerprint density at radius 1 is 0.613 bits per heavy atom. The third kappa shape index (κ3) is 4.88. The SMILES string of the molecule is CC(C)c1ccc([O][Zr]([O]c2ccc(C(C)C)cc2)([C]2=CC=CC2)[C]2=CC=CC2)cc1. The summed E-state index contributed by atoms with van der Waals surface area (Å²) in [6, 6.07) is 17.1. The summed E-state index contributed by atoms with van der Waals surface area (Å²) in [4.78, 5) is 0. The van der Waals surface area contributed by atoms with Gasteiger partial charge in [-0.15, -0.1) is 0 Å². The van der Waals surface area contributed by atoms with E-state index in [1.54, 1.807) is 0 Å². The van der Waals surface area contributed by atoms with Gasteiger partial charge in [0.25, 0.3) is 0 Å². The first-order chi connectivity index (χ1) is 15.0. The normalized spacial score (nSPS) is 15.5. The quantitative estimate of drug-likeness (QED) is 0.372. The molecule has 0 unspecified atom stereocenters. The van der Waals surface area contributed by atoms with E-state index in [1.807, 2.05) is 0 Å². The average Bonchev–Trinajstić information content (AvgIpc) is 3.49. The molecule has 3 heteroatoms. The molecular formula is C28H32O2Zr. The van der Waals surface area contributed by atoms with Crippen LogP contribution in [0.2, 0.25) is 0 Å². The van der Waals surface area contributed by atoms with Crippen molar-refractivity contribution in [1.82, 2.24) is 0 Å². The number of allylic oxidation sites excluding steroid dienone is 8. The third-order valence-corrected chi connectivity index (χ3v) is 14.6. The number of hydrogen-bond acceptors (Lipinski definition) is 2. The van der Waals surface area contributed by atoms with Gasteiger partial charge in [-0.05, 0) is 0 Å². The summed E-state index contributed by atoms with van der Waals surface area (Å²) < 4.78 is 16.6. The fourth-order valence-corrected chi connectivity index (χ4v) is 12.2. The van der Waals surface area contributed by atoms with E-state index in [-0.39, 0.29) is 0 Å². The van der Waals surface area contributed by atoms with E-state index < -0.39 is 21.1 Å². The Balaban J connectivity index is 1.73. The van der Waals surface area contributed by atoms with Gasteiger partial charge in [0.2, 0.25) is 0 Å². The van der Waals surface area contributed by atoms with Gasteiger partial charge in [0.05, 0.1) is 0 Å². The molecule has 31 heavy (non-hydrogen) atoms. The van der Waals surface area contributed by atoms with E-state index in [0.29, 0.717) is 11.8 Å². The van der Waals surface area contributed by atoms with Crippen LogP contribution < -0.4 is 5.63 Å². The van der Waals surface area contributed by atoms with Crippen molar-refractivity contribution in [3.8, 4) is 11.5 Å². The Kier molecular flexibility index (Phi) is 6.82. The predicted molar refractivity (Wildman–Crippen MR) is 126 cm³/mol. The number of rotatable bonds is 8. The molecule has 0 fully saturated rings. The van der Waals surface area contributed by atoms with Gasteiger partial charge >= 0.3 is 193 Å². The maximum atomic E-state index is 6.96. The van der Waals surface area contributed by atoms with E-state index in [1.165, 1.54) is 17.7 Å². The molecule has 0 radical (unpaired) electrons. The van der Waals surface area contributed by atoms with Crippen molar-refractivity contribution in [3.63, 3.8) is 0 Å². The topological polar surface area (TPSA) is 18.5 Å². The van der Waals surface area contributed by atoms with Crippen molar-refractivity contribution in [2.45, 2.75) is 52.4 Å². The fourth-order valence-electron chi connectivity index (χ4n) is 4.05. The molecule has 0 saturated carbocycles. The van der Waals surface area contributed by atoms with Crippen LogP contribution in [0.25, 0.3) is 0 Å². The molecule has 0 atom stereocenters. The zero-order chi connectivity index (χ0) is 21.8. The van der Waals surface area contributed by atoms with Gasteiger partial charge in [-0.25, -0.2) is 0 Å². The second kappa shape index (κ2) is 9.57. The van der Waals surface area contributed by atoms with E-state index in [0.717, 1.165) is 24.3 Å². The van der Waals surface area contributed by atoms with Crippen LogP contribution >= 0.6 is 0 Å². The second-order valence-corrected chi connectivity index (χ2v) is 16.1. The molecule has 0 aromatic heterocycles. The van der Waals surface area contributed by atoms with Gasteiger partial charge in [0, 0.05) is 0 Å². The van der Waals surface area contributed by atoms with Gasteiger partial charge < -0.3 is 0 Å². The molecule has 0 spiro atoms. The molecule has 0 aliphatic heterocycles. The van der Waals surface area contributed by atoms with Crippen molar-refractivity contribution in [2.24, 2.45) is 0 Å². The molecule has 2 aliphatic carbocycles. The molecule has 2 nitrogen and oxygen atoms in total. The van der Waals surface area contributed by atoms with Crippen LogP contribution in [-0.4, -0.2) is 0 Å². The molecule has 0 N–H and O–H groups in total. The van der Waals surface area contributed by atoms with Crippen LogP contribution in [0, 0.1) is 0 Å². The summed E-state index contributed by atoms with van der Waals surface area (Å²) in [5.74, 6) is 2.81. The zero-order valence-electron chi connectivity index (χ0n) is 19.0. The van der Waals surface area contributed by atoms with Gasteiger partial charge in [0.15, 0.2) is 0 Å². The third-order valence-electron chi connectivity index (χ3n) is 6.00. The van der Waals surface area contributed by atoms with E-state index >= 15 is 0 Å². The molecule has 4 rings (SSSR count). The summed E-state index contributed by atoms with van der Waals surface area (Å²) in [7, 11) is 0. The monoisotopic (exact) mass is 490 g/mol. The van der Waals surface area contributed by atoms with Crippen LogP contribution in [0.3, 0.4) is 0 Å². The van der Waals surface area contributed by atoms with Crippen molar-refractivity contribution in [3.05, 3.63) is 103 Å². The van der Waals surface area contributed by atoms with E-state index in [2.05, 4.69) is 113 Å². The van der Waals surface area contributed by atoms with E-state index in [9.17, 15) is 0 Å². The molecule has 0 bridgehead atoms. The minimum atomic E-state index is -3.89. The van der Waals surface area contributed by atoms with Crippen molar-refractivity contribution in [2.75, 3.05) is 0 Å². The summed E-state index contributed by atoms with van der Waals surface area (Å²) >= 11 is -3.89. The molecule has 2 aliphatic rings. The Bertz CT molecular complexity index is 936. The van der Waals surface area contributed by atoms with Gasteiger partial charge in [0.1, 0.15) is 0 Å². The van der Waals surface area contributed by atoms with Crippen LogP contribution in [0.15, 0.2) is 91.5 Å². The van der Waals surface area contributed by atoms with Crippen LogP contribution in [-0.2, 0) is 21.1 Å². The molecule has 0 saturated heterocycles. The van der Waals surface area contributed by atoms with Gasteiger partial charge in [-0.3, -0.25) is 0 Å². The number of benzene rings is 2. The second-order valence-electron chi connectivity index (χ2n) is 8.92. The Morgan fingerprint density at radius 3 is 1.29 bits per heavy atom. The summed E-state index contributed by atoms with van der Waals surface area (Å²) in [6.45, 7) is 8.86. The van der Waals surface area contributed by atoms with Crippen LogP contribution in [0.5, 0.6) is 11.5 Å². The average molecular weight is 492 g/mol. The Labute approximate surface area is 192 Å². The molecular weight excluding hydrogens is 460 g/mol. The predicted octanol–water partition coefficient (Wildman–Crippen LogP) is 8.06. The van der Waals surface area contributed by atoms with Crippen LogP contribution in [0.4, 0.5) is 0 Å².